The zero-order valence-corrected chi connectivity index (χ0v) is 16.8. The molecule has 1 amide bonds. The smallest absolute Gasteiger partial charge is 0.409 e. The van der Waals surface area contributed by atoms with Gasteiger partial charge in [0.1, 0.15) is 0 Å². The Labute approximate surface area is 170 Å². The molecule has 1 aromatic carbocycles. The molecule has 1 aromatic rings. The fourth-order valence-electron chi connectivity index (χ4n) is 2.06. The second-order valence-corrected chi connectivity index (χ2v) is 6.22. The van der Waals surface area contributed by atoms with Crippen molar-refractivity contribution in [2.24, 2.45) is 10.9 Å². The number of benzene rings is 1. The van der Waals surface area contributed by atoms with Crippen LogP contribution in [-0.2, 0) is 11.0 Å². The van der Waals surface area contributed by atoms with Crippen LogP contribution in [0.15, 0.2) is 35.0 Å². The van der Waals surface area contributed by atoms with Crippen molar-refractivity contribution in [1.82, 2.24) is 0 Å². The maximum Gasteiger partial charge on any atom is 0.417 e. The fraction of sp³-hybridized carbons (Fsp3) is 0.474. The molecule has 4 N–H and O–H groups in total. The predicted molar refractivity (Wildman–Crippen MR) is 102 cm³/mol. The molecule has 0 aliphatic rings. The Balaban J connectivity index is 0.000000890. The summed E-state index contributed by atoms with van der Waals surface area (Å²) in [6, 6.07) is 3.10. The topological polar surface area (TPSA) is 87.7 Å². The summed E-state index contributed by atoms with van der Waals surface area (Å²) in [5.74, 6) is -0.994. The van der Waals surface area contributed by atoms with Crippen LogP contribution >= 0.6 is 0 Å². The van der Waals surface area contributed by atoms with E-state index < -0.39 is 34.9 Å². The van der Waals surface area contributed by atoms with Crippen LogP contribution in [0, 0.1) is 0 Å². The van der Waals surface area contributed by atoms with Crippen molar-refractivity contribution < 1.29 is 36.3 Å². The van der Waals surface area contributed by atoms with Crippen LogP contribution in [-0.4, -0.2) is 23.1 Å². The molecular formula is C19H25F6N3O2. The van der Waals surface area contributed by atoms with E-state index in [1.54, 1.807) is 0 Å². The van der Waals surface area contributed by atoms with Crippen LogP contribution in [0.2, 0.25) is 0 Å². The van der Waals surface area contributed by atoms with Crippen LogP contribution in [0.5, 0.6) is 0 Å². The molecule has 0 fully saturated rings. The normalized spacial score (nSPS) is 12.8. The van der Waals surface area contributed by atoms with Crippen molar-refractivity contribution >= 4 is 17.4 Å². The van der Waals surface area contributed by atoms with E-state index in [9.17, 15) is 31.1 Å². The summed E-state index contributed by atoms with van der Waals surface area (Å²) in [4.78, 5) is 11.6. The lowest BCUT2D eigenvalue weighted by Gasteiger charge is -2.14. The molecule has 0 radical (unpaired) electrons. The number of nitrogens with one attached hydrogen (secondary N) is 1. The van der Waals surface area contributed by atoms with E-state index in [1.165, 1.54) is 13.0 Å². The number of halogens is 6. The number of anilines is 1. The first kappa shape index (κ1) is 27.3. The molecule has 0 aromatic heterocycles. The van der Waals surface area contributed by atoms with E-state index in [2.05, 4.69) is 10.5 Å². The third kappa shape index (κ3) is 9.66. The molecular weight excluding hydrogens is 416 g/mol. The number of unbranched alkanes of at least 4 members (excludes halogenated alkanes) is 2. The Morgan fingerprint density at radius 1 is 1.20 bits per heavy atom. The largest absolute Gasteiger partial charge is 0.417 e. The molecule has 0 aliphatic heterocycles. The highest BCUT2D eigenvalue weighted by molar-refractivity contribution is 5.99. The van der Waals surface area contributed by atoms with E-state index >= 15 is 0 Å². The van der Waals surface area contributed by atoms with Gasteiger partial charge in [-0.05, 0) is 38.5 Å². The highest BCUT2D eigenvalue weighted by Gasteiger charge is 2.34. The molecule has 0 saturated carbocycles. The number of alkyl halides is 6. The number of nitrogens with two attached hydrogens (primary N) is 1. The minimum absolute atomic E-state index is 0.0170. The summed E-state index contributed by atoms with van der Waals surface area (Å²) in [7, 11) is 0. The first-order valence-corrected chi connectivity index (χ1v) is 8.97. The molecule has 0 bridgehead atoms. The van der Waals surface area contributed by atoms with Gasteiger partial charge in [0.15, 0.2) is 5.84 Å². The van der Waals surface area contributed by atoms with Gasteiger partial charge in [-0.25, -0.2) is 0 Å². The Hall–Kier alpha value is -2.72. The highest BCUT2D eigenvalue weighted by Crippen LogP contribution is 2.34. The van der Waals surface area contributed by atoms with Crippen molar-refractivity contribution in [3.63, 3.8) is 0 Å². The van der Waals surface area contributed by atoms with Crippen LogP contribution in [0.25, 0.3) is 0 Å². The molecule has 0 unspecified atom stereocenters. The van der Waals surface area contributed by atoms with Gasteiger partial charge in [0.05, 0.1) is 5.56 Å². The van der Waals surface area contributed by atoms with E-state index in [-0.39, 0.29) is 18.0 Å². The number of allylic oxidation sites excluding steroid dienone is 2. The Morgan fingerprint density at radius 3 is 2.20 bits per heavy atom. The Kier molecular flexibility index (Phi) is 11.0. The lowest BCUT2D eigenvalue weighted by atomic mass is 10.0. The van der Waals surface area contributed by atoms with Gasteiger partial charge in [-0.3, -0.25) is 4.79 Å². The second kappa shape index (κ2) is 12.1. The predicted octanol–water partition coefficient (Wildman–Crippen LogP) is 5.83. The van der Waals surface area contributed by atoms with Gasteiger partial charge in [0.25, 0.3) is 0 Å². The van der Waals surface area contributed by atoms with Gasteiger partial charge < -0.3 is 16.3 Å². The summed E-state index contributed by atoms with van der Waals surface area (Å²) >= 11 is 0. The van der Waals surface area contributed by atoms with Gasteiger partial charge in [-0.1, -0.05) is 31.0 Å². The zero-order chi connectivity index (χ0) is 23.5. The molecule has 1 rings (SSSR count). The molecule has 0 atom stereocenters. The van der Waals surface area contributed by atoms with Crippen molar-refractivity contribution in [1.29, 1.82) is 0 Å². The lowest BCUT2D eigenvalue weighted by molar-refractivity contribution is -0.137. The lowest BCUT2D eigenvalue weighted by Crippen LogP contribution is -2.21. The zero-order valence-electron chi connectivity index (χ0n) is 16.8. The molecule has 11 heteroatoms. The summed E-state index contributed by atoms with van der Waals surface area (Å²) < 4.78 is 73.2. The van der Waals surface area contributed by atoms with Crippen LogP contribution in [0.4, 0.5) is 32.0 Å². The average molecular weight is 441 g/mol. The summed E-state index contributed by atoms with van der Waals surface area (Å²) in [6.45, 7) is 4.39. The molecule has 0 heterocycles. The number of amidine groups is 1. The van der Waals surface area contributed by atoms with E-state index in [0.29, 0.717) is 6.42 Å². The minimum Gasteiger partial charge on any atom is -0.409 e. The van der Waals surface area contributed by atoms with Gasteiger partial charge in [-0.2, -0.15) is 26.3 Å². The third-order valence-electron chi connectivity index (χ3n) is 3.88. The molecule has 30 heavy (non-hydrogen) atoms. The monoisotopic (exact) mass is 441 g/mol. The van der Waals surface area contributed by atoms with Gasteiger partial charge in [0, 0.05) is 23.2 Å². The molecule has 0 saturated heterocycles. The van der Waals surface area contributed by atoms with Crippen molar-refractivity contribution in [2.45, 2.75) is 58.8 Å². The van der Waals surface area contributed by atoms with E-state index in [0.717, 1.165) is 38.0 Å². The van der Waals surface area contributed by atoms with Gasteiger partial charge >= 0.3 is 12.4 Å². The summed E-state index contributed by atoms with van der Waals surface area (Å²) in [5, 5.41) is 13.5. The first-order chi connectivity index (χ1) is 13.8. The maximum atomic E-state index is 13.0. The van der Waals surface area contributed by atoms with E-state index in [4.69, 9.17) is 10.9 Å². The number of hydrogen-bond donors (Lipinski definition) is 3. The van der Waals surface area contributed by atoms with Crippen molar-refractivity contribution in [3.05, 3.63) is 41.0 Å². The summed E-state index contributed by atoms with van der Waals surface area (Å²) in [6.07, 6.45) is -5.03. The fourth-order valence-corrected chi connectivity index (χ4v) is 2.06. The van der Waals surface area contributed by atoms with Crippen LogP contribution < -0.4 is 11.1 Å². The standard InChI is InChI=1S/C14H18F3N3O2.C5H7F3/c1-2-3-4-5-12(21)19-9-6-7-10(13(18)20-22)11(8-9)14(15,16)17;1-3-4(2)5(6,7)8/h6-8,22H,2-5H2,1H3,(H2,18,20)(H,19,21);3H,1-2H3/b;4-3+. The van der Waals surface area contributed by atoms with Gasteiger partial charge in [0.2, 0.25) is 5.91 Å². The number of carbonyl (C=O) groups excluding carboxylic acids is 1. The van der Waals surface area contributed by atoms with E-state index in [1.807, 2.05) is 6.92 Å². The minimum atomic E-state index is -4.69. The Morgan fingerprint density at radius 2 is 1.80 bits per heavy atom. The first-order valence-electron chi connectivity index (χ1n) is 8.97. The van der Waals surface area contributed by atoms with Crippen LogP contribution in [0.1, 0.15) is 57.6 Å². The molecule has 0 aliphatic carbocycles. The highest BCUT2D eigenvalue weighted by atomic mass is 19.4. The van der Waals surface area contributed by atoms with Crippen molar-refractivity contribution in [2.75, 3.05) is 5.32 Å². The summed E-state index contributed by atoms with van der Waals surface area (Å²) in [5.41, 5.74) is 3.19. The molecule has 0 spiro atoms. The Bertz CT molecular complexity index is 756. The second-order valence-electron chi connectivity index (χ2n) is 6.22. The number of amides is 1. The number of rotatable bonds is 6. The average Bonchev–Trinajstić information content (AvgIpc) is 2.66. The number of hydrogen-bond acceptors (Lipinski definition) is 3. The number of carbonyl (C=O) groups is 1. The van der Waals surface area contributed by atoms with Gasteiger partial charge in [-0.15, -0.1) is 0 Å². The number of nitrogens with zero attached hydrogens (tertiary/aromatic N) is 1. The quantitative estimate of drug-likeness (QED) is 0.0987. The third-order valence-corrected chi connectivity index (χ3v) is 3.88. The molecule has 170 valence electrons. The molecule has 5 nitrogen and oxygen atoms in total. The number of oxime groups is 1. The SMILES string of the molecule is C/C=C(\C)C(F)(F)F.CCCCCC(=O)Nc1ccc(/C(N)=N/O)c(C(F)(F)F)c1. The maximum absolute atomic E-state index is 13.0. The van der Waals surface area contributed by atoms with Crippen LogP contribution in [0.3, 0.4) is 0 Å². The van der Waals surface area contributed by atoms with Crippen molar-refractivity contribution in [3.8, 4) is 0 Å².